The lowest BCUT2D eigenvalue weighted by atomic mass is 10.1. The van der Waals surface area contributed by atoms with Gasteiger partial charge in [0.15, 0.2) is 12.1 Å². The molecule has 2 aromatic carbocycles. The van der Waals surface area contributed by atoms with Crippen LogP contribution in [0.2, 0.25) is 0 Å². The summed E-state index contributed by atoms with van der Waals surface area (Å²) >= 11 is 2.76. The number of carboxylic acid groups (broad SMARTS) is 1. The van der Waals surface area contributed by atoms with Crippen LogP contribution in [0.3, 0.4) is 0 Å². The van der Waals surface area contributed by atoms with Crippen LogP contribution in [0, 0.1) is 6.92 Å². The predicted octanol–water partition coefficient (Wildman–Crippen LogP) is 5.43. The Labute approximate surface area is 198 Å². The van der Waals surface area contributed by atoms with Crippen molar-refractivity contribution in [3.05, 3.63) is 62.9 Å². The van der Waals surface area contributed by atoms with Crippen LogP contribution in [0.4, 0.5) is 13.2 Å². The summed E-state index contributed by atoms with van der Waals surface area (Å²) in [5, 5.41) is 9.78. The molecule has 12 heteroatoms. The molecule has 0 saturated heterocycles. The number of hydrogen-bond donors (Lipinski definition) is 1. The molecule has 0 spiro atoms. The third-order valence-corrected chi connectivity index (χ3v) is 7.37. The van der Waals surface area contributed by atoms with Crippen molar-refractivity contribution < 1.29 is 32.3 Å². The van der Waals surface area contributed by atoms with E-state index in [0.29, 0.717) is 27.0 Å². The van der Waals surface area contributed by atoms with Gasteiger partial charge in [0.25, 0.3) is 5.56 Å². The van der Waals surface area contributed by atoms with E-state index in [2.05, 4.69) is 4.98 Å². The molecule has 0 saturated carbocycles. The Morgan fingerprint density at radius 2 is 1.97 bits per heavy atom. The van der Waals surface area contributed by atoms with Gasteiger partial charge in [-0.1, -0.05) is 12.1 Å². The summed E-state index contributed by atoms with van der Waals surface area (Å²) in [7, 11) is 1.47. The van der Waals surface area contributed by atoms with Crippen LogP contribution in [-0.4, -0.2) is 27.9 Å². The van der Waals surface area contributed by atoms with Gasteiger partial charge in [0, 0.05) is 22.3 Å². The number of aliphatic carboxylic acids is 1. The van der Waals surface area contributed by atoms with E-state index >= 15 is 0 Å². The molecule has 0 bridgehead atoms. The minimum Gasteiger partial charge on any atom is -0.495 e. The number of rotatable bonds is 7. The highest BCUT2D eigenvalue weighted by molar-refractivity contribution is 7.98. The number of alkyl halides is 3. The van der Waals surface area contributed by atoms with Gasteiger partial charge in [0.2, 0.25) is 0 Å². The molecule has 2 aromatic heterocycles. The van der Waals surface area contributed by atoms with E-state index in [-0.39, 0.29) is 11.0 Å². The zero-order valence-corrected chi connectivity index (χ0v) is 19.4. The Balaban J connectivity index is 1.58. The number of halogens is 3. The van der Waals surface area contributed by atoms with E-state index < -0.39 is 29.8 Å². The lowest BCUT2D eigenvalue weighted by Gasteiger charge is -2.07. The minimum absolute atomic E-state index is 0.214. The smallest absolute Gasteiger partial charge is 0.416 e. The molecule has 0 aliphatic rings. The number of carboxylic acids is 1. The summed E-state index contributed by atoms with van der Waals surface area (Å²) in [6, 6.07) is 7.98. The number of ether oxygens (including phenoxy) is 1. The number of carbonyl (C=O) groups is 1. The zero-order valence-electron chi connectivity index (χ0n) is 17.8. The summed E-state index contributed by atoms with van der Waals surface area (Å²) in [5.74, 6) is -0.265. The highest BCUT2D eigenvalue weighted by atomic mass is 32.2. The number of aryl methyl sites for hydroxylation is 1. The zero-order chi connectivity index (χ0) is 24.6. The highest BCUT2D eigenvalue weighted by Gasteiger charge is 2.30. The molecule has 0 aliphatic heterocycles. The van der Waals surface area contributed by atoms with Crippen molar-refractivity contribution in [2.75, 3.05) is 7.11 Å². The fraction of sp³-hybridized carbons (Fsp3) is 0.227. The molecule has 2 heterocycles. The first-order valence-electron chi connectivity index (χ1n) is 9.77. The van der Waals surface area contributed by atoms with E-state index in [9.17, 15) is 22.8 Å². The van der Waals surface area contributed by atoms with Crippen LogP contribution in [0.5, 0.6) is 5.75 Å². The molecule has 0 amide bonds. The molecule has 7 nitrogen and oxygen atoms in total. The van der Waals surface area contributed by atoms with Crippen molar-refractivity contribution in [3.8, 4) is 16.3 Å². The minimum atomic E-state index is -4.40. The number of nitrogens with zero attached hydrogens (tertiary/aromatic N) is 2. The molecule has 0 aliphatic carbocycles. The van der Waals surface area contributed by atoms with E-state index in [4.69, 9.17) is 14.4 Å². The summed E-state index contributed by atoms with van der Waals surface area (Å²) in [6.07, 6.45) is -4.40. The molecule has 34 heavy (non-hydrogen) atoms. The Morgan fingerprint density at radius 3 is 2.59 bits per heavy atom. The van der Waals surface area contributed by atoms with E-state index in [1.54, 1.807) is 6.07 Å². The number of thioether (sulfide) groups is 1. The van der Waals surface area contributed by atoms with Crippen LogP contribution in [0.15, 0.2) is 50.6 Å². The monoisotopic (exact) mass is 510 g/mol. The van der Waals surface area contributed by atoms with Gasteiger partial charge >= 0.3 is 12.1 Å². The number of methoxy groups -OCH3 is 1. The van der Waals surface area contributed by atoms with E-state index in [1.807, 2.05) is 6.92 Å². The molecule has 178 valence electrons. The van der Waals surface area contributed by atoms with Gasteiger partial charge in [-0.05, 0) is 25.1 Å². The first kappa shape index (κ1) is 23.9. The second kappa shape index (κ2) is 9.18. The summed E-state index contributed by atoms with van der Waals surface area (Å²) in [6.45, 7) is 1.23. The van der Waals surface area contributed by atoms with Crippen LogP contribution < -0.4 is 10.3 Å². The van der Waals surface area contributed by atoms with Crippen LogP contribution in [0.1, 0.15) is 16.1 Å². The van der Waals surface area contributed by atoms with Crippen molar-refractivity contribution in [1.82, 2.24) is 9.72 Å². The molecule has 4 rings (SSSR count). The molecular formula is C22H17F3N2O5S2. The van der Waals surface area contributed by atoms with Gasteiger partial charge in [-0.15, -0.1) is 23.1 Å². The maximum atomic E-state index is 12.8. The number of aromatic nitrogens is 2. The molecular weight excluding hydrogens is 493 g/mol. The van der Waals surface area contributed by atoms with Crippen LogP contribution in [0.25, 0.3) is 21.5 Å². The molecule has 4 aromatic rings. The average Bonchev–Trinajstić information content (AvgIpc) is 3.30. The quantitative estimate of drug-likeness (QED) is 0.331. The second-order valence-corrected chi connectivity index (χ2v) is 9.32. The predicted molar refractivity (Wildman–Crippen MR) is 122 cm³/mol. The van der Waals surface area contributed by atoms with Crippen molar-refractivity contribution in [3.63, 3.8) is 0 Å². The molecule has 0 unspecified atom stereocenters. The van der Waals surface area contributed by atoms with Gasteiger partial charge < -0.3 is 14.4 Å². The summed E-state index contributed by atoms with van der Waals surface area (Å²) < 4.78 is 49.9. The Bertz CT molecular complexity index is 1420. The number of fused-ring (bicyclic) bond motifs is 1. The number of thiazole rings is 1. The Kier molecular flexibility index (Phi) is 6.45. The van der Waals surface area contributed by atoms with Gasteiger partial charge in [0.1, 0.15) is 10.8 Å². The van der Waals surface area contributed by atoms with Crippen molar-refractivity contribution in [2.45, 2.75) is 30.3 Å². The second-order valence-electron chi connectivity index (χ2n) is 7.22. The van der Waals surface area contributed by atoms with E-state index in [1.165, 1.54) is 48.4 Å². The van der Waals surface area contributed by atoms with Crippen molar-refractivity contribution in [1.29, 1.82) is 0 Å². The van der Waals surface area contributed by atoms with Crippen LogP contribution in [-0.2, 0) is 23.3 Å². The normalized spacial score (nSPS) is 11.8. The third kappa shape index (κ3) is 4.82. The lowest BCUT2D eigenvalue weighted by molar-refractivity contribution is -0.139. The topological polar surface area (TPSA) is 94.6 Å². The maximum Gasteiger partial charge on any atom is 0.416 e. The average molecular weight is 511 g/mol. The van der Waals surface area contributed by atoms with Crippen molar-refractivity contribution >= 4 is 40.0 Å². The summed E-state index contributed by atoms with van der Waals surface area (Å²) in [4.78, 5) is 29.5. The number of benzene rings is 2. The standard InChI is InChI=1S/C22H17F3N2O5S2/c1-11-18(34-20(26-11)12-3-5-13(6-4-12)22(23,24)25)10-33-17-7-14-15(8-16(17)31-2)32-27(21(14)30)9-19(28)29/h3-8H,9-10H2,1-2H3,(H,28,29). The van der Waals surface area contributed by atoms with Crippen LogP contribution >= 0.6 is 23.1 Å². The first-order chi connectivity index (χ1) is 16.1. The van der Waals surface area contributed by atoms with E-state index in [0.717, 1.165) is 27.4 Å². The number of hydrogen-bond acceptors (Lipinski definition) is 7. The highest BCUT2D eigenvalue weighted by Crippen LogP contribution is 2.38. The first-order valence-corrected chi connectivity index (χ1v) is 11.6. The summed E-state index contributed by atoms with van der Waals surface area (Å²) in [5.41, 5.74) is 0.282. The van der Waals surface area contributed by atoms with Gasteiger partial charge in [0.05, 0.1) is 28.6 Å². The molecule has 0 fully saturated rings. The third-order valence-electron chi connectivity index (χ3n) is 4.92. The maximum absolute atomic E-state index is 12.8. The lowest BCUT2D eigenvalue weighted by Crippen LogP contribution is -2.19. The Hall–Kier alpha value is -3.25. The fourth-order valence-electron chi connectivity index (χ4n) is 3.21. The van der Waals surface area contributed by atoms with Gasteiger partial charge in [-0.25, -0.2) is 4.98 Å². The largest absolute Gasteiger partial charge is 0.495 e. The fourth-order valence-corrected chi connectivity index (χ4v) is 5.47. The van der Waals surface area contributed by atoms with Gasteiger partial charge in [-0.3, -0.25) is 9.59 Å². The molecule has 0 atom stereocenters. The molecule has 1 N–H and O–H groups in total. The van der Waals surface area contributed by atoms with Gasteiger partial charge in [-0.2, -0.15) is 17.9 Å². The SMILES string of the molecule is COc1cc2on(CC(=O)O)c(=O)c2cc1SCc1sc(-c2ccc(C(F)(F)F)cc2)nc1C. The Morgan fingerprint density at radius 1 is 1.26 bits per heavy atom. The van der Waals surface area contributed by atoms with Crippen molar-refractivity contribution in [2.24, 2.45) is 0 Å². The molecule has 0 radical (unpaired) electrons.